The molecule has 1 saturated heterocycles. The van der Waals surface area contributed by atoms with Gasteiger partial charge in [0, 0.05) is 24.5 Å². The maximum absolute atomic E-state index is 13.3. The topological polar surface area (TPSA) is 89.0 Å². The van der Waals surface area contributed by atoms with E-state index in [1.165, 1.54) is 4.90 Å². The first-order valence-electron chi connectivity index (χ1n) is 12.2. The highest BCUT2D eigenvalue weighted by Gasteiger charge is 2.46. The molecule has 1 aliphatic rings. The average Bonchev–Trinajstić information content (AvgIpc) is 3.15. The molecule has 1 atom stereocenters. The third kappa shape index (κ3) is 5.25. The Morgan fingerprint density at radius 3 is 2.50 bits per heavy atom. The summed E-state index contributed by atoms with van der Waals surface area (Å²) < 4.78 is 11.8. The Hall–Kier alpha value is -4.13. The van der Waals surface area contributed by atoms with Gasteiger partial charge in [-0.15, -0.1) is 0 Å². The van der Waals surface area contributed by atoms with E-state index in [0.717, 1.165) is 18.4 Å². The van der Waals surface area contributed by atoms with Crippen molar-refractivity contribution in [2.24, 2.45) is 0 Å². The first kappa shape index (κ1) is 25.0. The molecule has 0 bridgehead atoms. The van der Waals surface area contributed by atoms with Crippen molar-refractivity contribution < 1.29 is 24.2 Å². The first-order chi connectivity index (χ1) is 17.5. The highest BCUT2D eigenvalue weighted by Crippen LogP contribution is 2.42. The Kier molecular flexibility index (Phi) is 8.00. The van der Waals surface area contributed by atoms with Gasteiger partial charge in [0.25, 0.3) is 11.7 Å². The molecule has 2 heterocycles. The van der Waals surface area contributed by atoms with Gasteiger partial charge in [-0.05, 0) is 42.7 Å². The van der Waals surface area contributed by atoms with Gasteiger partial charge in [-0.25, -0.2) is 0 Å². The molecule has 186 valence electrons. The summed E-state index contributed by atoms with van der Waals surface area (Å²) in [4.78, 5) is 32.1. The minimum Gasteiger partial charge on any atom is -0.507 e. The normalized spacial score (nSPS) is 16.8. The Balaban J connectivity index is 1.83. The van der Waals surface area contributed by atoms with Gasteiger partial charge in [-0.3, -0.25) is 14.6 Å². The molecule has 1 aromatic heterocycles. The highest BCUT2D eigenvalue weighted by atomic mass is 16.5. The number of ether oxygens (including phenoxy) is 2. The zero-order valence-corrected chi connectivity index (χ0v) is 20.5. The number of likely N-dealkylation sites (tertiary alicyclic amines) is 1. The molecule has 1 unspecified atom stereocenters. The SMILES string of the molecule is CCCCOc1ccc(C2C(=C(O)c3ccccc3)C(=O)C(=O)N2Cc2cccnc2)cc1OCC. The van der Waals surface area contributed by atoms with Gasteiger partial charge in [0.2, 0.25) is 0 Å². The summed E-state index contributed by atoms with van der Waals surface area (Å²) in [6.07, 6.45) is 5.22. The van der Waals surface area contributed by atoms with Crippen LogP contribution in [0, 0.1) is 0 Å². The third-order valence-corrected chi connectivity index (χ3v) is 6.00. The van der Waals surface area contributed by atoms with Crippen molar-refractivity contribution in [1.82, 2.24) is 9.88 Å². The number of aliphatic hydroxyl groups excluding tert-OH is 1. The van der Waals surface area contributed by atoms with Gasteiger partial charge in [-0.1, -0.05) is 55.8 Å². The second-order valence-electron chi connectivity index (χ2n) is 8.50. The Labute approximate surface area is 211 Å². The predicted octanol–water partition coefficient (Wildman–Crippen LogP) is 5.28. The van der Waals surface area contributed by atoms with Gasteiger partial charge in [0.15, 0.2) is 11.5 Å². The van der Waals surface area contributed by atoms with E-state index < -0.39 is 17.7 Å². The van der Waals surface area contributed by atoms with E-state index in [2.05, 4.69) is 11.9 Å². The van der Waals surface area contributed by atoms with Crippen LogP contribution in [-0.2, 0) is 16.1 Å². The zero-order chi connectivity index (χ0) is 25.5. The quantitative estimate of drug-likeness (QED) is 0.182. The lowest BCUT2D eigenvalue weighted by Crippen LogP contribution is -2.29. The van der Waals surface area contributed by atoms with Crippen LogP contribution in [0.15, 0.2) is 78.6 Å². The Bertz CT molecular complexity index is 1240. The maximum Gasteiger partial charge on any atom is 0.295 e. The van der Waals surface area contributed by atoms with Crippen LogP contribution in [0.1, 0.15) is 49.4 Å². The third-order valence-electron chi connectivity index (χ3n) is 6.00. The molecule has 3 aromatic rings. The number of pyridine rings is 1. The number of carbonyl (C=O) groups excluding carboxylic acids is 2. The van der Waals surface area contributed by atoms with Crippen LogP contribution in [0.25, 0.3) is 5.76 Å². The van der Waals surface area contributed by atoms with Crippen molar-refractivity contribution in [2.75, 3.05) is 13.2 Å². The van der Waals surface area contributed by atoms with Crippen molar-refractivity contribution in [3.63, 3.8) is 0 Å². The van der Waals surface area contributed by atoms with E-state index >= 15 is 0 Å². The molecule has 36 heavy (non-hydrogen) atoms. The fraction of sp³-hybridized carbons (Fsp3) is 0.276. The van der Waals surface area contributed by atoms with Crippen LogP contribution in [0.4, 0.5) is 0 Å². The molecule has 2 aromatic carbocycles. The van der Waals surface area contributed by atoms with E-state index in [1.54, 1.807) is 54.9 Å². The minimum absolute atomic E-state index is 0.0391. The van der Waals surface area contributed by atoms with E-state index in [1.807, 2.05) is 25.1 Å². The van der Waals surface area contributed by atoms with E-state index in [9.17, 15) is 14.7 Å². The number of ketones is 1. The lowest BCUT2D eigenvalue weighted by molar-refractivity contribution is -0.140. The summed E-state index contributed by atoms with van der Waals surface area (Å²) >= 11 is 0. The second-order valence-corrected chi connectivity index (χ2v) is 8.50. The summed E-state index contributed by atoms with van der Waals surface area (Å²) in [6, 6.07) is 17.0. The van der Waals surface area contributed by atoms with Gasteiger partial charge in [0.05, 0.1) is 24.8 Å². The van der Waals surface area contributed by atoms with Crippen molar-refractivity contribution >= 4 is 17.4 Å². The van der Waals surface area contributed by atoms with Gasteiger partial charge < -0.3 is 19.5 Å². The minimum atomic E-state index is -0.811. The monoisotopic (exact) mass is 486 g/mol. The number of aromatic nitrogens is 1. The fourth-order valence-electron chi connectivity index (χ4n) is 4.24. The molecule has 4 rings (SSSR count). The molecule has 0 radical (unpaired) electrons. The fourth-order valence-corrected chi connectivity index (χ4v) is 4.24. The number of nitrogens with zero attached hydrogens (tertiary/aromatic N) is 2. The Morgan fingerprint density at radius 2 is 1.81 bits per heavy atom. The number of aliphatic hydroxyl groups is 1. The molecule has 0 aliphatic carbocycles. The predicted molar refractivity (Wildman–Crippen MR) is 137 cm³/mol. The van der Waals surface area contributed by atoms with Crippen molar-refractivity contribution in [2.45, 2.75) is 39.3 Å². The number of hydrogen-bond acceptors (Lipinski definition) is 6. The molecule has 1 N–H and O–H groups in total. The van der Waals surface area contributed by atoms with Crippen LogP contribution < -0.4 is 9.47 Å². The van der Waals surface area contributed by atoms with Crippen LogP contribution in [0.5, 0.6) is 11.5 Å². The smallest absolute Gasteiger partial charge is 0.295 e. The highest BCUT2D eigenvalue weighted by molar-refractivity contribution is 6.46. The van der Waals surface area contributed by atoms with Gasteiger partial charge in [0.1, 0.15) is 5.76 Å². The van der Waals surface area contributed by atoms with Gasteiger partial charge >= 0.3 is 0 Å². The summed E-state index contributed by atoms with van der Waals surface area (Å²) in [5.74, 6) is -0.498. The first-order valence-corrected chi connectivity index (χ1v) is 12.2. The van der Waals surface area contributed by atoms with Crippen molar-refractivity contribution in [3.05, 3.63) is 95.3 Å². The second kappa shape index (κ2) is 11.5. The van der Waals surface area contributed by atoms with Crippen LogP contribution in [0.2, 0.25) is 0 Å². The number of rotatable bonds is 10. The summed E-state index contributed by atoms with van der Waals surface area (Å²) in [5, 5.41) is 11.2. The largest absolute Gasteiger partial charge is 0.507 e. The molecule has 0 saturated carbocycles. The number of hydrogen-bond donors (Lipinski definition) is 1. The molecule has 1 aliphatic heterocycles. The number of unbranched alkanes of at least 4 members (excludes halogenated alkanes) is 1. The number of Topliss-reactive ketones (excluding diaryl/α,β-unsaturated/α-hetero) is 1. The molecule has 7 heteroatoms. The van der Waals surface area contributed by atoms with Crippen molar-refractivity contribution in [3.8, 4) is 11.5 Å². The molecule has 1 amide bonds. The lowest BCUT2D eigenvalue weighted by Gasteiger charge is -2.26. The maximum atomic E-state index is 13.3. The standard InChI is InChI=1S/C29H30N2O5/c1-3-5-16-36-23-14-13-22(17-24(23)35-4-2)26-25(27(32)21-11-7-6-8-12-21)28(33)29(34)31(26)19-20-10-9-15-30-18-20/h6-15,17-18,26,32H,3-5,16,19H2,1-2H3. The van der Waals surface area contributed by atoms with Crippen LogP contribution in [0.3, 0.4) is 0 Å². The molecule has 0 spiro atoms. The van der Waals surface area contributed by atoms with Crippen LogP contribution in [-0.4, -0.2) is 39.9 Å². The number of amides is 1. The zero-order valence-electron chi connectivity index (χ0n) is 20.5. The lowest BCUT2D eigenvalue weighted by atomic mass is 9.95. The summed E-state index contributed by atoms with van der Waals surface area (Å²) in [5.41, 5.74) is 1.92. The Morgan fingerprint density at radius 1 is 1.00 bits per heavy atom. The average molecular weight is 487 g/mol. The summed E-state index contributed by atoms with van der Waals surface area (Å²) in [7, 11) is 0. The molecular weight excluding hydrogens is 456 g/mol. The van der Waals surface area contributed by atoms with E-state index in [4.69, 9.17) is 9.47 Å². The van der Waals surface area contributed by atoms with Gasteiger partial charge in [-0.2, -0.15) is 0 Å². The number of benzene rings is 2. The summed E-state index contributed by atoms with van der Waals surface area (Å²) in [6.45, 7) is 5.12. The van der Waals surface area contributed by atoms with E-state index in [0.29, 0.717) is 35.8 Å². The van der Waals surface area contributed by atoms with Crippen molar-refractivity contribution in [1.29, 1.82) is 0 Å². The van der Waals surface area contributed by atoms with E-state index in [-0.39, 0.29) is 17.9 Å². The van der Waals surface area contributed by atoms with Crippen LogP contribution >= 0.6 is 0 Å². The molecule has 7 nitrogen and oxygen atoms in total. The molecule has 1 fully saturated rings. The number of carbonyl (C=O) groups is 2. The molecular formula is C29H30N2O5.